The van der Waals surface area contributed by atoms with Crippen LogP contribution < -0.4 is 16.0 Å². The highest BCUT2D eigenvalue weighted by atomic mass is 16.5. The number of benzene rings is 1. The maximum absolute atomic E-state index is 8.75. The highest BCUT2D eigenvalue weighted by Crippen LogP contribution is 2.22. The van der Waals surface area contributed by atoms with Gasteiger partial charge in [0.2, 0.25) is 5.88 Å². The molecule has 2 aromatic rings. The molecule has 6 heteroatoms. The number of aromatic nitrogens is 2. The number of hydrogen-bond acceptors (Lipinski definition) is 6. The van der Waals surface area contributed by atoms with Crippen molar-refractivity contribution in [3.05, 3.63) is 41.7 Å². The van der Waals surface area contributed by atoms with Gasteiger partial charge < -0.3 is 10.2 Å². The van der Waals surface area contributed by atoms with Gasteiger partial charge in [0, 0.05) is 12.5 Å². The number of nitriles is 1. The van der Waals surface area contributed by atoms with Gasteiger partial charge in [0.25, 0.3) is 0 Å². The average molecular weight is 269 g/mol. The topological polar surface area (TPSA) is 96.9 Å². The fourth-order valence-corrected chi connectivity index (χ4v) is 1.65. The molecule has 102 valence electrons. The minimum atomic E-state index is 0.418. The monoisotopic (exact) mass is 269 g/mol. The van der Waals surface area contributed by atoms with Crippen molar-refractivity contribution < 1.29 is 4.74 Å². The molecule has 0 radical (unpaired) electrons. The summed E-state index contributed by atoms with van der Waals surface area (Å²) in [6.45, 7) is 2.05. The van der Waals surface area contributed by atoms with E-state index in [9.17, 15) is 0 Å². The van der Waals surface area contributed by atoms with Gasteiger partial charge in [-0.1, -0.05) is 6.92 Å². The van der Waals surface area contributed by atoms with Gasteiger partial charge in [-0.25, -0.2) is 10.8 Å². The Balaban J connectivity index is 2.22. The third kappa shape index (κ3) is 3.43. The number of hydrazine groups is 1. The number of nitrogen functional groups attached to an aromatic ring is 1. The van der Waals surface area contributed by atoms with Gasteiger partial charge in [-0.2, -0.15) is 10.2 Å². The van der Waals surface area contributed by atoms with Crippen LogP contribution in [0, 0.1) is 11.3 Å². The quantitative estimate of drug-likeness (QED) is 0.639. The van der Waals surface area contributed by atoms with Crippen molar-refractivity contribution in [1.82, 2.24) is 9.97 Å². The molecule has 0 saturated heterocycles. The van der Waals surface area contributed by atoms with Crippen molar-refractivity contribution in [3.63, 3.8) is 0 Å². The second-order valence-electron chi connectivity index (χ2n) is 4.14. The molecular formula is C14H15N5O. The largest absolute Gasteiger partial charge is 0.439 e. The molecule has 0 atom stereocenters. The molecule has 0 aliphatic heterocycles. The van der Waals surface area contributed by atoms with Crippen molar-refractivity contribution in [3.8, 4) is 17.7 Å². The van der Waals surface area contributed by atoms with E-state index in [1.54, 1.807) is 30.3 Å². The van der Waals surface area contributed by atoms with Crippen LogP contribution >= 0.6 is 0 Å². The van der Waals surface area contributed by atoms with Crippen LogP contribution in [0.15, 0.2) is 30.3 Å². The Labute approximate surface area is 117 Å². The Morgan fingerprint density at radius 2 is 2.05 bits per heavy atom. The standard InChI is InChI=1S/C14H15N5O/c1-2-3-12-17-13(19-16)8-14(18-12)20-11-6-4-10(9-15)5-7-11/h4-8H,2-3,16H2,1H3,(H,17,18,19). The van der Waals surface area contributed by atoms with Crippen molar-refractivity contribution >= 4 is 5.82 Å². The fraction of sp³-hybridized carbons (Fsp3) is 0.214. The van der Waals surface area contributed by atoms with Crippen LogP contribution in [0.4, 0.5) is 5.82 Å². The Hall–Kier alpha value is -2.65. The lowest BCUT2D eigenvalue weighted by molar-refractivity contribution is 0.458. The summed E-state index contributed by atoms with van der Waals surface area (Å²) in [6, 6.07) is 10.5. The molecule has 1 aromatic carbocycles. The summed E-state index contributed by atoms with van der Waals surface area (Å²) in [5, 5.41) is 8.75. The minimum absolute atomic E-state index is 0.418. The summed E-state index contributed by atoms with van der Waals surface area (Å²) in [7, 11) is 0. The van der Waals surface area contributed by atoms with Crippen LogP contribution in [0.1, 0.15) is 24.7 Å². The highest BCUT2D eigenvalue weighted by Gasteiger charge is 2.06. The van der Waals surface area contributed by atoms with E-state index >= 15 is 0 Å². The fourth-order valence-electron chi connectivity index (χ4n) is 1.65. The average Bonchev–Trinajstić information content (AvgIpc) is 2.48. The van der Waals surface area contributed by atoms with E-state index in [-0.39, 0.29) is 0 Å². The zero-order valence-electron chi connectivity index (χ0n) is 11.1. The second-order valence-corrected chi connectivity index (χ2v) is 4.14. The summed E-state index contributed by atoms with van der Waals surface area (Å²) in [6.07, 6.45) is 1.68. The van der Waals surface area contributed by atoms with Crippen LogP contribution in [0.5, 0.6) is 11.6 Å². The highest BCUT2D eigenvalue weighted by molar-refractivity contribution is 5.40. The molecule has 0 bridgehead atoms. The third-order valence-electron chi connectivity index (χ3n) is 2.58. The van der Waals surface area contributed by atoms with Gasteiger partial charge >= 0.3 is 0 Å². The number of anilines is 1. The predicted octanol–water partition coefficient (Wildman–Crippen LogP) is 2.38. The first-order chi connectivity index (χ1) is 9.75. The van der Waals surface area contributed by atoms with Crippen LogP contribution in [0.25, 0.3) is 0 Å². The number of rotatable bonds is 5. The number of nitrogens with one attached hydrogen (secondary N) is 1. The van der Waals surface area contributed by atoms with Crippen molar-refractivity contribution in [2.45, 2.75) is 19.8 Å². The number of hydrogen-bond donors (Lipinski definition) is 2. The molecule has 0 spiro atoms. The van der Waals surface area contributed by atoms with Crippen molar-refractivity contribution in [1.29, 1.82) is 5.26 Å². The lowest BCUT2D eigenvalue weighted by Crippen LogP contribution is -2.10. The molecule has 6 nitrogen and oxygen atoms in total. The predicted molar refractivity (Wildman–Crippen MR) is 75.1 cm³/mol. The molecule has 0 amide bonds. The summed E-state index contributed by atoms with van der Waals surface area (Å²) in [5.74, 6) is 7.58. The molecule has 1 aromatic heterocycles. The van der Waals surface area contributed by atoms with Gasteiger partial charge in [0.15, 0.2) is 0 Å². The Bertz CT molecular complexity index is 618. The second kappa shape index (κ2) is 6.50. The maximum Gasteiger partial charge on any atom is 0.224 e. The van der Waals surface area contributed by atoms with E-state index < -0.39 is 0 Å². The number of nitrogens with zero attached hydrogens (tertiary/aromatic N) is 3. The molecule has 0 aliphatic rings. The summed E-state index contributed by atoms with van der Waals surface area (Å²) in [5.41, 5.74) is 3.08. The normalized spacial score (nSPS) is 9.85. The van der Waals surface area contributed by atoms with E-state index in [0.29, 0.717) is 28.8 Å². The van der Waals surface area contributed by atoms with Gasteiger partial charge in [-0.05, 0) is 30.7 Å². The SMILES string of the molecule is CCCc1nc(NN)cc(Oc2ccc(C#N)cc2)n1. The maximum atomic E-state index is 8.75. The van der Waals surface area contributed by atoms with Gasteiger partial charge in [0.1, 0.15) is 17.4 Å². The Morgan fingerprint density at radius 3 is 2.65 bits per heavy atom. The molecule has 3 N–H and O–H groups in total. The Morgan fingerprint density at radius 1 is 1.30 bits per heavy atom. The van der Waals surface area contributed by atoms with Crippen molar-refractivity contribution in [2.24, 2.45) is 5.84 Å². The summed E-state index contributed by atoms with van der Waals surface area (Å²) < 4.78 is 5.65. The van der Waals surface area contributed by atoms with E-state index in [1.165, 1.54) is 0 Å². The number of ether oxygens (including phenoxy) is 1. The lowest BCUT2D eigenvalue weighted by atomic mass is 10.2. The van der Waals surface area contributed by atoms with Gasteiger partial charge in [0.05, 0.1) is 11.6 Å². The molecule has 2 rings (SSSR count). The summed E-state index contributed by atoms with van der Waals surface area (Å²) >= 11 is 0. The van der Waals surface area contributed by atoms with E-state index in [2.05, 4.69) is 21.5 Å². The summed E-state index contributed by atoms with van der Waals surface area (Å²) in [4.78, 5) is 8.56. The first-order valence-corrected chi connectivity index (χ1v) is 6.27. The van der Waals surface area contributed by atoms with Gasteiger partial charge in [-0.15, -0.1) is 0 Å². The van der Waals surface area contributed by atoms with E-state index in [1.807, 2.05) is 6.92 Å². The molecule has 0 aliphatic carbocycles. The molecule has 1 heterocycles. The van der Waals surface area contributed by atoms with Crippen molar-refractivity contribution in [2.75, 3.05) is 5.43 Å². The van der Waals surface area contributed by atoms with E-state index in [4.69, 9.17) is 15.8 Å². The molecule has 0 fully saturated rings. The molecule has 20 heavy (non-hydrogen) atoms. The minimum Gasteiger partial charge on any atom is -0.439 e. The third-order valence-corrected chi connectivity index (χ3v) is 2.58. The molecule has 0 saturated carbocycles. The number of nitrogens with two attached hydrogens (primary N) is 1. The van der Waals surface area contributed by atoms with Crippen LogP contribution in [0.2, 0.25) is 0 Å². The lowest BCUT2D eigenvalue weighted by Gasteiger charge is -2.08. The molecular weight excluding hydrogens is 254 g/mol. The number of aryl methyl sites for hydroxylation is 1. The van der Waals surface area contributed by atoms with Crippen LogP contribution in [-0.4, -0.2) is 9.97 Å². The smallest absolute Gasteiger partial charge is 0.224 e. The van der Waals surface area contributed by atoms with Crippen LogP contribution in [-0.2, 0) is 6.42 Å². The first-order valence-electron chi connectivity index (χ1n) is 6.27. The van der Waals surface area contributed by atoms with Crippen LogP contribution in [0.3, 0.4) is 0 Å². The van der Waals surface area contributed by atoms with Gasteiger partial charge in [-0.3, -0.25) is 0 Å². The van der Waals surface area contributed by atoms with E-state index in [0.717, 1.165) is 12.8 Å². The molecule has 0 unspecified atom stereocenters. The zero-order valence-corrected chi connectivity index (χ0v) is 11.1. The zero-order chi connectivity index (χ0) is 14.4. The first kappa shape index (κ1) is 13.8. The Kier molecular flexibility index (Phi) is 4.47.